The molecule has 0 aromatic heterocycles. The number of benzene rings is 2. The predicted octanol–water partition coefficient (Wildman–Crippen LogP) is 3.54. The fraction of sp³-hybridized carbons (Fsp3) is 0.250. The zero-order chi connectivity index (χ0) is 15.4. The largest absolute Gasteiger partial charge is 0.489 e. The van der Waals surface area contributed by atoms with Crippen molar-refractivity contribution >= 4 is 5.69 Å². The summed E-state index contributed by atoms with van der Waals surface area (Å²) in [4.78, 5) is 10.5. The average Bonchev–Trinajstić information content (AvgIpc) is 2.46. The van der Waals surface area contributed by atoms with Crippen molar-refractivity contribution in [2.24, 2.45) is 0 Å². The molecule has 2 aromatic carbocycles. The van der Waals surface area contributed by atoms with Crippen LogP contribution >= 0.6 is 0 Å². The quantitative estimate of drug-likeness (QED) is 0.674. The van der Waals surface area contributed by atoms with Crippen LogP contribution in [-0.4, -0.2) is 10.0 Å². The molecular weight excluding hydrogens is 270 g/mol. The lowest BCUT2D eigenvalue weighted by atomic mass is 10.1. The molecule has 0 saturated carbocycles. The summed E-state index contributed by atoms with van der Waals surface area (Å²) in [6, 6.07) is 12.1. The fourth-order valence-electron chi connectivity index (χ4n) is 2.05. The minimum Gasteiger partial charge on any atom is -0.489 e. The molecule has 0 bridgehead atoms. The van der Waals surface area contributed by atoms with Crippen molar-refractivity contribution in [2.75, 3.05) is 0 Å². The molecule has 0 unspecified atom stereocenters. The van der Waals surface area contributed by atoms with Gasteiger partial charge in [-0.2, -0.15) is 0 Å². The Morgan fingerprint density at radius 1 is 1.29 bits per heavy atom. The molecule has 0 saturated heterocycles. The smallest absolute Gasteiger partial charge is 0.272 e. The van der Waals surface area contributed by atoms with Crippen molar-refractivity contribution in [3.63, 3.8) is 0 Å². The highest BCUT2D eigenvalue weighted by Crippen LogP contribution is 2.24. The van der Waals surface area contributed by atoms with Gasteiger partial charge < -0.3 is 9.84 Å². The third-order valence-electron chi connectivity index (χ3n) is 3.35. The normalized spacial score (nSPS) is 12.0. The maximum atomic E-state index is 10.9. The summed E-state index contributed by atoms with van der Waals surface area (Å²) in [5.74, 6) is 0.624. The van der Waals surface area contributed by atoms with E-state index in [2.05, 4.69) is 0 Å². The molecule has 0 aliphatic rings. The standard InChI is InChI=1S/C16H17NO4/c1-11-14(6-4-8-16(11)17(19)20)10-21-15-7-3-5-13(9-15)12(2)18/h3-9,12,18H,10H2,1-2H3/t12-/m0/s1. The van der Waals surface area contributed by atoms with Gasteiger partial charge >= 0.3 is 0 Å². The first kappa shape index (κ1) is 15.0. The Kier molecular flexibility index (Phi) is 4.55. The van der Waals surface area contributed by atoms with Gasteiger partial charge in [0.2, 0.25) is 0 Å². The van der Waals surface area contributed by atoms with Crippen molar-refractivity contribution in [2.45, 2.75) is 26.6 Å². The topological polar surface area (TPSA) is 72.6 Å². The maximum absolute atomic E-state index is 10.9. The van der Waals surface area contributed by atoms with Gasteiger partial charge in [-0.1, -0.05) is 24.3 Å². The second kappa shape index (κ2) is 6.37. The van der Waals surface area contributed by atoms with Crippen LogP contribution < -0.4 is 4.74 Å². The average molecular weight is 287 g/mol. The van der Waals surface area contributed by atoms with E-state index in [1.54, 1.807) is 44.2 Å². The van der Waals surface area contributed by atoms with Gasteiger partial charge in [0.15, 0.2) is 0 Å². The molecule has 0 spiro atoms. The van der Waals surface area contributed by atoms with E-state index in [1.807, 2.05) is 6.07 Å². The van der Waals surface area contributed by atoms with Crippen LogP contribution in [0.15, 0.2) is 42.5 Å². The van der Waals surface area contributed by atoms with Crippen molar-refractivity contribution < 1.29 is 14.8 Å². The highest BCUT2D eigenvalue weighted by molar-refractivity contribution is 5.44. The molecule has 0 fully saturated rings. The van der Waals surface area contributed by atoms with E-state index >= 15 is 0 Å². The van der Waals surface area contributed by atoms with Crippen LogP contribution in [0.3, 0.4) is 0 Å². The third kappa shape index (κ3) is 3.58. The summed E-state index contributed by atoms with van der Waals surface area (Å²) in [5.41, 5.74) is 2.23. The maximum Gasteiger partial charge on any atom is 0.272 e. The van der Waals surface area contributed by atoms with E-state index in [9.17, 15) is 15.2 Å². The first-order valence-corrected chi connectivity index (χ1v) is 6.62. The number of rotatable bonds is 5. The number of aliphatic hydroxyl groups is 1. The molecule has 110 valence electrons. The number of nitro benzene ring substituents is 1. The second-order valence-electron chi connectivity index (χ2n) is 4.86. The summed E-state index contributed by atoms with van der Waals surface area (Å²) in [5, 5.41) is 20.4. The van der Waals surface area contributed by atoms with Gasteiger partial charge in [0.05, 0.1) is 11.0 Å². The van der Waals surface area contributed by atoms with Gasteiger partial charge in [0.25, 0.3) is 5.69 Å². The van der Waals surface area contributed by atoms with Crippen molar-refractivity contribution in [1.29, 1.82) is 0 Å². The lowest BCUT2D eigenvalue weighted by molar-refractivity contribution is -0.385. The zero-order valence-electron chi connectivity index (χ0n) is 11.9. The first-order valence-electron chi connectivity index (χ1n) is 6.62. The van der Waals surface area contributed by atoms with E-state index < -0.39 is 11.0 Å². The molecular formula is C16H17NO4. The van der Waals surface area contributed by atoms with Gasteiger partial charge in [-0.3, -0.25) is 10.1 Å². The van der Waals surface area contributed by atoms with Crippen LogP contribution in [0.25, 0.3) is 0 Å². The molecule has 0 aliphatic heterocycles. The number of aliphatic hydroxyl groups excluding tert-OH is 1. The van der Waals surface area contributed by atoms with Gasteiger partial charge in [-0.25, -0.2) is 0 Å². The van der Waals surface area contributed by atoms with Crippen LogP contribution in [0.4, 0.5) is 5.69 Å². The Balaban J connectivity index is 2.15. The van der Waals surface area contributed by atoms with Crippen molar-refractivity contribution in [1.82, 2.24) is 0 Å². The molecule has 2 aromatic rings. The lowest BCUT2D eigenvalue weighted by Crippen LogP contribution is -2.01. The third-order valence-corrected chi connectivity index (χ3v) is 3.35. The van der Waals surface area contributed by atoms with Crippen LogP contribution in [0.1, 0.15) is 29.7 Å². The van der Waals surface area contributed by atoms with Crippen LogP contribution in [0.2, 0.25) is 0 Å². The highest BCUT2D eigenvalue weighted by Gasteiger charge is 2.13. The number of ether oxygens (including phenoxy) is 1. The number of hydrogen-bond acceptors (Lipinski definition) is 4. The summed E-state index contributed by atoms with van der Waals surface area (Å²) in [7, 11) is 0. The Morgan fingerprint density at radius 3 is 2.67 bits per heavy atom. The molecule has 21 heavy (non-hydrogen) atoms. The summed E-state index contributed by atoms with van der Waals surface area (Å²) < 4.78 is 5.66. The Hall–Kier alpha value is -2.40. The second-order valence-corrected chi connectivity index (χ2v) is 4.86. The van der Waals surface area contributed by atoms with Crippen LogP contribution in [0, 0.1) is 17.0 Å². The molecule has 1 N–H and O–H groups in total. The van der Waals surface area contributed by atoms with Gasteiger partial charge in [0.1, 0.15) is 12.4 Å². The fourth-order valence-corrected chi connectivity index (χ4v) is 2.05. The van der Waals surface area contributed by atoms with E-state index in [-0.39, 0.29) is 12.3 Å². The summed E-state index contributed by atoms with van der Waals surface area (Å²) in [6.45, 7) is 3.64. The Labute approximate surface area is 123 Å². The van der Waals surface area contributed by atoms with Gasteiger partial charge in [0, 0.05) is 11.6 Å². The highest BCUT2D eigenvalue weighted by atomic mass is 16.6. The molecule has 2 rings (SSSR count). The monoisotopic (exact) mass is 287 g/mol. The van der Waals surface area contributed by atoms with Crippen LogP contribution in [0.5, 0.6) is 5.75 Å². The zero-order valence-corrected chi connectivity index (χ0v) is 11.9. The number of nitro groups is 1. The minimum absolute atomic E-state index is 0.0915. The summed E-state index contributed by atoms with van der Waals surface area (Å²) >= 11 is 0. The van der Waals surface area contributed by atoms with Gasteiger partial charge in [-0.05, 0) is 37.1 Å². The summed E-state index contributed by atoms with van der Waals surface area (Å²) in [6.07, 6.45) is -0.562. The van der Waals surface area contributed by atoms with Crippen molar-refractivity contribution in [3.8, 4) is 5.75 Å². The van der Waals surface area contributed by atoms with E-state index in [4.69, 9.17) is 4.74 Å². The molecule has 0 radical (unpaired) electrons. The van der Waals surface area contributed by atoms with E-state index in [1.165, 1.54) is 6.07 Å². The molecule has 0 amide bonds. The number of nitrogens with zero attached hydrogens (tertiary/aromatic N) is 1. The molecule has 0 aliphatic carbocycles. The molecule has 5 nitrogen and oxygen atoms in total. The Bertz CT molecular complexity index is 652. The van der Waals surface area contributed by atoms with E-state index in [0.717, 1.165) is 11.1 Å². The Morgan fingerprint density at radius 2 is 2.00 bits per heavy atom. The predicted molar refractivity (Wildman–Crippen MR) is 79.2 cm³/mol. The lowest BCUT2D eigenvalue weighted by Gasteiger charge is -2.11. The van der Waals surface area contributed by atoms with E-state index in [0.29, 0.717) is 11.3 Å². The number of hydrogen-bond donors (Lipinski definition) is 1. The first-order chi connectivity index (χ1) is 9.99. The molecule has 1 atom stereocenters. The van der Waals surface area contributed by atoms with Gasteiger partial charge in [-0.15, -0.1) is 0 Å². The molecule has 0 heterocycles. The van der Waals surface area contributed by atoms with Crippen LogP contribution in [-0.2, 0) is 6.61 Å². The molecule has 5 heteroatoms. The minimum atomic E-state index is -0.562. The van der Waals surface area contributed by atoms with Crippen molar-refractivity contribution in [3.05, 3.63) is 69.3 Å². The SMILES string of the molecule is Cc1c(COc2cccc([C@H](C)O)c2)cccc1[N+](=O)[O-].